The second-order valence-electron chi connectivity index (χ2n) is 4.06. The van der Waals surface area contributed by atoms with Crippen molar-refractivity contribution in [1.82, 2.24) is 0 Å². The van der Waals surface area contributed by atoms with Crippen molar-refractivity contribution in [2.75, 3.05) is 0 Å². The van der Waals surface area contributed by atoms with E-state index in [1.165, 1.54) is 0 Å². The number of hydrogen-bond acceptors (Lipinski definition) is 3. The van der Waals surface area contributed by atoms with Gasteiger partial charge in [0.2, 0.25) is 0 Å². The van der Waals surface area contributed by atoms with Gasteiger partial charge in [0.25, 0.3) is 5.91 Å². The first-order valence-electron chi connectivity index (χ1n) is 4.97. The summed E-state index contributed by atoms with van der Waals surface area (Å²) in [5.41, 5.74) is 1.29. The average Bonchev–Trinajstić information content (AvgIpc) is 2.98. The number of benzene rings is 1. The molecule has 1 aliphatic carbocycles. The maximum Gasteiger partial charge on any atom is 0.319 e. The standard InChI is InChI=1S/C11H11NO3S/c1-8-2-4-9(5-3-8)11(6-7-11)10(13)12-16(14)15/h2-5H,6-7H2,1H3. The molecule has 0 unspecified atom stereocenters. The van der Waals surface area contributed by atoms with Crippen LogP contribution in [-0.4, -0.2) is 14.3 Å². The molecule has 2 rings (SSSR count). The van der Waals surface area contributed by atoms with Gasteiger partial charge >= 0.3 is 10.5 Å². The number of hydrogen-bond donors (Lipinski definition) is 0. The zero-order chi connectivity index (χ0) is 11.8. The summed E-state index contributed by atoms with van der Waals surface area (Å²) in [6, 6.07) is 7.56. The molecule has 1 aliphatic rings. The van der Waals surface area contributed by atoms with Gasteiger partial charge in [0.15, 0.2) is 0 Å². The van der Waals surface area contributed by atoms with Crippen LogP contribution in [0.4, 0.5) is 0 Å². The van der Waals surface area contributed by atoms with Crippen molar-refractivity contribution in [2.45, 2.75) is 25.2 Å². The Balaban J connectivity index is 2.37. The van der Waals surface area contributed by atoms with E-state index in [4.69, 9.17) is 0 Å². The van der Waals surface area contributed by atoms with Gasteiger partial charge in [0.05, 0.1) is 5.41 Å². The molecule has 1 fully saturated rings. The number of aryl methyl sites for hydroxylation is 1. The molecule has 0 radical (unpaired) electrons. The van der Waals surface area contributed by atoms with Gasteiger partial charge in [-0.2, -0.15) is 8.42 Å². The molecule has 0 aliphatic heterocycles. The molecule has 1 amide bonds. The van der Waals surface area contributed by atoms with E-state index in [9.17, 15) is 13.2 Å². The van der Waals surface area contributed by atoms with E-state index in [1.807, 2.05) is 31.2 Å². The van der Waals surface area contributed by atoms with Gasteiger partial charge in [-0.15, -0.1) is 0 Å². The molecule has 0 bridgehead atoms. The Labute approximate surface area is 95.0 Å². The van der Waals surface area contributed by atoms with Crippen molar-refractivity contribution in [3.05, 3.63) is 35.4 Å². The minimum Gasteiger partial charge on any atom is -0.270 e. The van der Waals surface area contributed by atoms with Crippen LogP contribution < -0.4 is 0 Å². The summed E-state index contributed by atoms with van der Waals surface area (Å²) in [4.78, 5) is 11.7. The van der Waals surface area contributed by atoms with Crippen LogP contribution in [0.2, 0.25) is 0 Å². The molecule has 0 saturated heterocycles. The van der Waals surface area contributed by atoms with E-state index in [-0.39, 0.29) is 0 Å². The molecule has 0 heterocycles. The van der Waals surface area contributed by atoms with E-state index in [1.54, 1.807) is 0 Å². The van der Waals surface area contributed by atoms with Crippen LogP contribution in [0.15, 0.2) is 28.6 Å². The summed E-state index contributed by atoms with van der Waals surface area (Å²) in [6.07, 6.45) is 1.35. The number of nitrogens with zero attached hydrogens (tertiary/aromatic N) is 1. The van der Waals surface area contributed by atoms with Crippen LogP contribution in [0.25, 0.3) is 0 Å². The summed E-state index contributed by atoms with van der Waals surface area (Å²) in [5.74, 6) is -0.551. The van der Waals surface area contributed by atoms with E-state index < -0.39 is 21.8 Å². The fraction of sp³-hybridized carbons (Fsp3) is 0.364. The van der Waals surface area contributed by atoms with Crippen molar-refractivity contribution in [2.24, 2.45) is 4.36 Å². The molecule has 0 atom stereocenters. The first-order chi connectivity index (χ1) is 7.54. The molecule has 0 spiro atoms. The van der Waals surface area contributed by atoms with Crippen molar-refractivity contribution >= 4 is 16.4 Å². The molecule has 1 saturated carbocycles. The van der Waals surface area contributed by atoms with Crippen LogP contribution in [0.5, 0.6) is 0 Å². The largest absolute Gasteiger partial charge is 0.319 e. The highest BCUT2D eigenvalue weighted by Gasteiger charge is 2.51. The van der Waals surface area contributed by atoms with Crippen LogP contribution >= 0.6 is 0 Å². The fourth-order valence-corrected chi connectivity index (χ4v) is 2.09. The third-order valence-corrected chi connectivity index (χ3v) is 3.24. The predicted molar refractivity (Wildman–Crippen MR) is 58.4 cm³/mol. The smallest absolute Gasteiger partial charge is 0.270 e. The average molecular weight is 237 g/mol. The summed E-state index contributed by atoms with van der Waals surface area (Å²) in [5, 5.41) is 0. The third kappa shape index (κ3) is 1.90. The number of amides is 1. The number of rotatable bonds is 2. The molecule has 84 valence electrons. The quantitative estimate of drug-likeness (QED) is 0.785. The SMILES string of the molecule is Cc1ccc(C2(C(=O)N=S(=O)=O)CC2)cc1. The highest BCUT2D eigenvalue weighted by molar-refractivity contribution is 7.62. The molecule has 1 aromatic rings. The first kappa shape index (κ1) is 11.0. The van der Waals surface area contributed by atoms with Crippen molar-refractivity contribution in [3.8, 4) is 0 Å². The van der Waals surface area contributed by atoms with Crippen LogP contribution in [-0.2, 0) is 20.7 Å². The summed E-state index contributed by atoms with van der Waals surface area (Å²) in [7, 11) is -2.65. The van der Waals surface area contributed by atoms with Crippen molar-refractivity contribution in [1.29, 1.82) is 0 Å². The summed E-state index contributed by atoms with van der Waals surface area (Å²) >= 11 is 0. The Morgan fingerprint density at radius 3 is 2.25 bits per heavy atom. The molecular formula is C11H11NO3S. The van der Waals surface area contributed by atoms with Gasteiger partial charge in [-0.3, -0.25) is 4.79 Å². The Kier molecular flexibility index (Phi) is 2.63. The Morgan fingerprint density at radius 1 is 1.25 bits per heavy atom. The second-order valence-corrected chi connectivity index (χ2v) is 4.68. The normalized spacial score (nSPS) is 16.6. The van der Waals surface area contributed by atoms with Crippen molar-refractivity contribution < 1.29 is 13.2 Å². The van der Waals surface area contributed by atoms with E-state index in [2.05, 4.69) is 4.36 Å². The minimum atomic E-state index is -2.65. The van der Waals surface area contributed by atoms with E-state index in [0.717, 1.165) is 11.1 Å². The molecule has 1 aromatic carbocycles. The first-order valence-corrected chi connectivity index (χ1v) is 6.00. The zero-order valence-electron chi connectivity index (χ0n) is 8.80. The molecule has 0 aromatic heterocycles. The van der Waals surface area contributed by atoms with Crippen LogP contribution in [0.1, 0.15) is 24.0 Å². The Hall–Kier alpha value is -1.49. The van der Waals surface area contributed by atoms with Gasteiger partial charge in [-0.05, 0) is 25.3 Å². The van der Waals surface area contributed by atoms with Gasteiger partial charge in [0.1, 0.15) is 0 Å². The fourth-order valence-electron chi connectivity index (χ4n) is 1.78. The maximum atomic E-state index is 11.7. The van der Waals surface area contributed by atoms with Gasteiger partial charge in [0, 0.05) is 0 Å². The highest BCUT2D eigenvalue weighted by Crippen LogP contribution is 2.49. The molecule has 16 heavy (non-hydrogen) atoms. The second kappa shape index (κ2) is 3.83. The topological polar surface area (TPSA) is 63.6 Å². The Morgan fingerprint density at radius 2 is 1.81 bits per heavy atom. The molecule has 5 heteroatoms. The lowest BCUT2D eigenvalue weighted by atomic mass is 9.95. The maximum absolute atomic E-state index is 11.7. The summed E-state index contributed by atoms with van der Waals surface area (Å²) in [6.45, 7) is 1.96. The third-order valence-electron chi connectivity index (χ3n) is 2.92. The highest BCUT2D eigenvalue weighted by atomic mass is 32.2. The van der Waals surface area contributed by atoms with Gasteiger partial charge in [-0.25, -0.2) is 0 Å². The predicted octanol–water partition coefficient (Wildman–Crippen LogP) is 1.62. The number of carbonyl (C=O) groups is 1. The minimum absolute atomic E-state index is 0.551. The Bertz CT molecular complexity index is 545. The number of carbonyl (C=O) groups excluding carboxylic acids is 1. The summed E-state index contributed by atoms with van der Waals surface area (Å²) < 4.78 is 23.9. The zero-order valence-corrected chi connectivity index (χ0v) is 9.62. The van der Waals surface area contributed by atoms with Gasteiger partial charge in [-0.1, -0.05) is 34.2 Å². The lowest BCUT2D eigenvalue weighted by Gasteiger charge is -2.09. The lowest BCUT2D eigenvalue weighted by molar-refractivity contribution is -0.120. The van der Waals surface area contributed by atoms with E-state index >= 15 is 0 Å². The molecule has 0 N–H and O–H groups in total. The monoisotopic (exact) mass is 237 g/mol. The van der Waals surface area contributed by atoms with Crippen LogP contribution in [0.3, 0.4) is 0 Å². The molecule has 4 nitrogen and oxygen atoms in total. The van der Waals surface area contributed by atoms with Crippen LogP contribution in [0, 0.1) is 6.92 Å². The van der Waals surface area contributed by atoms with E-state index in [0.29, 0.717) is 12.8 Å². The lowest BCUT2D eigenvalue weighted by Crippen LogP contribution is -2.17. The molecular weight excluding hydrogens is 226 g/mol. The van der Waals surface area contributed by atoms with Crippen molar-refractivity contribution in [3.63, 3.8) is 0 Å². The van der Waals surface area contributed by atoms with Gasteiger partial charge < -0.3 is 0 Å².